The van der Waals surface area contributed by atoms with E-state index in [4.69, 9.17) is 4.74 Å². The molecule has 1 heterocycles. The highest BCUT2D eigenvalue weighted by Gasteiger charge is 2.14. The number of ether oxygens (including phenoxy) is 1. The Labute approximate surface area is 173 Å². The number of carbonyl (C=O) groups is 2. The van der Waals surface area contributed by atoms with Crippen molar-refractivity contribution < 1.29 is 14.3 Å². The molecule has 1 aromatic heterocycles. The number of nitrogens with one attached hydrogen (secondary N) is 1. The summed E-state index contributed by atoms with van der Waals surface area (Å²) in [4.78, 5) is 23.2. The number of para-hydroxylation sites is 1. The number of amides is 1. The Bertz CT molecular complexity index is 1140. The van der Waals surface area contributed by atoms with E-state index in [0.717, 1.165) is 23.2 Å². The summed E-state index contributed by atoms with van der Waals surface area (Å²) in [5, 5.41) is 7.54. The Kier molecular flexibility index (Phi) is 5.66. The lowest BCUT2D eigenvalue weighted by Gasteiger charge is -2.10. The Morgan fingerprint density at radius 1 is 0.933 bits per heavy atom. The molecular formula is C24H19N3O3. The minimum Gasteiger partial charge on any atom is -0.484 e. The molecule has 148 valence electrons. The highest BCUT2D eigenvalue weighted by Crippen LogP contribution is 2.24. The Morgan fingerprint density at radius 3 is 2.27 bits per heavy atom. The minimum absolute atomic E-state index is 0.166. The van der Waals surface area contributed by atoms with Gasteiger partial charge in [-0.05, 0) is 36.4 Å². The van der Waals surface area contributed by atoms with Crippen LogP contribution in [0.4, 0.5) is 5.82 Å². The van der Waals surface area contributed by atoms with E-state index in [-0.39, 0.29) is 12.5 Å². The Balaban J connectivity index is 1.53. The fourth-order valence-corrected chi connectivity index (χ4v) is 2.96. The van der Waals surface area contributed by atoms with E-state index in [1.807, 2.05) is 66.7 Å². The molecule has 0 bridgehead atoms. The second-order valence-corrected chi connectivity index (χ2v) is 6.55. The van der Waals surface area contributed by atoms with Crippen LogP contribution in [0.25, 0.3) is 16.9 Å². The zero-order valence-electron chi connectivity index (χ0n) is 16.1. The summed E-state index contributed by atoms with van der Waals surface area (Å²) in [5.74, 6) is 0.744. The zero-order chi connectivity index (χ0) is 20.8. The predicted molar refractivity (Wildman–Crippen MR) is 115 cm³/mol. The maximum absolute atomic E-state index is 12.5. The number of benzene rings is 3. The van der Waals surface area contributed by atoms with Gasteiger partial charge < -0.3 is 10.1 Å². The molecule has 0 aliphatic rings. The molecule has 0 aliphatic heterocycles. The third-order valence-corrected chi connectivity index (χ3v) is 4.43. The van der Waals surface area contributed by atoms with Crippen LogP contribution < -0.4 is 10.1 Å². The molecule has 6 nitrogen and oxygen atoms in total. The first-order valence-electron chi connectivity index (χ1n) is 9.42. The van der Waals surface area contributed by atoms with E-state index in [2.05, 4.69) is 10.4 Å². The second kappa shape index (κ2) is 8.87. The van der Waals surface area contributed by atoms with Crippen molar-refractivity contribution in [1.82, 2.24) is 9.78 Å². The fourth-order valence-electron chi connectivity index (χ4n) is 2.96. The summed E-state index contributed by atoms with van der Waals surface area (Å²) in [7, 11) is 0. The molecule has 0 aliphatic carbocycles. The number of nitrogens with zero attached hydrogens (tertiary/aromatic N) is 2. The summed E-state index contributed by atoms with van der Waals surface area (Å²) >= 11 is 0. The van der Waals surface area contributed by atoms with Gasteiger partial charge in [-0.1, -0.05) is 48.5 Å². The third-order valence-electron chi connectivity index (χ3n) is 4.43. The van der Waals surface area contributed by atoms with Gasteiger partial charge in [0.1, 0.15) is 17.9 Å². The SMILES string of the molecule is O=Cc1ccc(OCC(=O)Nc2cc(-c3ccccc3)nn2-c2ccccc2)cc1. The average Bonchev–Trinajstić information content (AvgIpc) is 3.23. The predicted octanol–water partition coefficient (Wildman–Crippen LogP) is 4.37. The van der Waals surface area contributed by atoms with E-state index in [9.17, 15) is 9.59 Å². The molecular weight excluding hydrogens is 378 g/mol. The van der Waals surface area contributed by atoms with Gasteiger partial charge in [0.25, 0.3) is 5.91 Å². The highest BCUT2D eigenvalue weighted by molar-refractivity contribution is 5.92. The van der Waals surface area contributed by atoms with Crippen LogP contribution in [0, 0.1) is 0 Å². The summed E-state index contributed by atoms with van der Waals surface area (Å²) in [6.07, 6.45) is 0.756. The van der Waals surface area contributed by atoms with E-state index in [1.165, 1.54) is 0 Å². The second-order valence-electron chi connectivity index (χ2n) is 6.55. The van der Waals surface area contributed by atoms with Gasteiger partial charge in [0, 0.05) is 17.2 Å². The average molecular weight is 397 g/mol. The first kappa shape index (κ1) is 19.1. The van der Waals surface area contributed by atoms with E-state index in [1.54, 1.807) is 28.9 Å². The van der Waals surface area contributed by atoms with Gasteiger partial charge in [0.2, 0.25) is 0 Å². The first-order valence-corrected chi connectivity index (χ1v) is 9.42. The van der Waals surface area contributed by atoms with Gasteiger partial charge in [-0.3, -0.25) is 9.59 Å². The monoisotopic (exact) mass is 397 g/mol. The lowest BCUT2D eigenvalue weighted by atomic mass is 10.2. The number of hydrogen-bond acceptors (Lipinski definition) is 4. The molecule has 1 amide bonds. The van der Waals surface area contributed by atoms with Gasteiger partial charge in [0.15, 0.2) is 6.61 Å². The number of aldehydes is 1. The molecule has 0 radical (unpaired) electrons. The van der Waals surface area contributed by atoms with Crippen molar-refractivity contribution in [3.63, 3.8) is 0 Å². The number of hydrogen-bond donors (Lipinski definition) is 1. The van der Waals surface area contributed by atoms with Gasteiger partial charge >= 0.3 is 0 Å². The minimum atomic E-state index is -0.314. The van der Waals surface area contributed by atoms with Crippen LogP contribution in [0.15, 0.2) is 91.0 Å². The summed E-state index contributed by atoms with van der Waals surface area (Å²) in [5.41, 5.74) is 3.08. The van der Waals surface area contributed by atoms with E-state index >= 15 is 0 Å². The van der Waals surface area contributed by atoms with Crippen LogP contribution in [-0.2, 0) is 4.79 Å². The molecule has 30 heavy (non-hydrogen) atoms. The normalized spacial score (nSPS) is 10.4. The summed E-state index contributed by atoms with van der Waals surface area (Å²) in [6, 6.07) is 27.8. The molecule has 3 aromatic carbocycles. The molecule has 6 heteroatoms. The van der Waals surface area contributed by atoms with Gasteiger partial charge in [-0.25, -0.2) is 4.68 Å². The zero-order valence-corrected chi connectivity index (χ0v) is 16.1. The molecule has 1 N–H and O–H groups in total. The van der Waals surface area contributed by atoms with Crippen molar-refractivity contribution in [2.24, 2.45) is 0 Å². The molecule has 4 rings (SSSR count). The highest BCUT2D eigenvalue weighted by atomic mass is 16.5. The van der Waals surface area contributed by atoms with Crippen molar-refractivity contribution >= 4 is 18.0 Å². The Hall–Kier alpha value is -4.19. The van der Waals surface area contributed by atoms with E-state index < -0.39 is 0 Å². The molecule has 0 saturated heterocycles. The molecule has 4 aromatic rings. The number of anilines is 1. The van der Waals surface area contributed by atoms with Gasteiger partial charge in [-0.15, -0.1) is 0 Å². The van der Waals surface area contributed by atoms with Crippen LogP contribution in [0.5, 0.6) is 5.75 Å². The van der Waals surface area contributed by atoms with Crippen molar-refractivity contribution in [2.45, 2.75) is 0 Å². The van der Waals surface area contributed by atoms with Gasteiger partial charge in [-0.2, -0.15) is 5.10 Å². The quantitative estimate of drug-likeness (QED) is 0.470. The molecule has 0 fully saturated rings. The van der Waals surface area contributed by atoms with E-state index in [0.29, 0.717) is 17.1 Å². The lowest BCUT2D eigenvalue weighted by molar-refractivity contribution is -0.118. The van der Waals surface area contributed by atoms with Crippen molar-refractivity contribution in [3.8, 4) is 22.7 Å². The number of carbonyl (C=O) groups excluding carboxylic acids is 2. The largest absolute Gasteiger partial charge is 0.484 e. The van der Waals surface area contributed by atoms with Crippen LogP contribution >= 0.6 is 0 Å². The third kappa shape index (κ3) is 4.44. The van der Waals surface area contributed by atoms with Crippen molar-refractivity contribution in [1.29, 1.82) is 0 Å². The summed E-state index contributed by atoms with van der Waals surface area (Å²) in [6.45, 7) is -0.166. The maximum Gasteiger partial charge on any atom is 0.263 e. The van der Waals surface area contributed by atoms with Crippen LogP contribution in [0.3, 0.4) is 0 Å². The fraction of sp³-hybridized carbons (Fsp3) is 0.0417. The molecule has 0 atom stereocenters. The van der Waals surface area contributed by atoms with Crippen molar-refractivity contribution in [2.75, 3.05) is 11.9 Å². The topological polar surface area (TPSA) is 73.2 Å². The number of aromatic nitrogens is 2. The maximum atomic E-state index is 12.5. The molecule has 0 spiro atoms. The van der Waals surface area contributed by atoms with Gasteiger partial charge in [0.05, 0.1) is 11.4 Å². The Morgan fingerprint density at radius 2 is 1.60 bits per heavy atom. The van der Waals surface area contributed by atoms with Crippen LogP contribution in [-0.4, -0.2) is 28.6 Å². The first-order chi connectivity index (χ1) is 14.7. The number of rotatable bonds is 7. The van der Waals surface area contributed by atoms with Crippen molar-refractivity contribution in [3.05, 3.63) is 96.6 Å². The van der Waals surface area contributed by atoms with Crippen LogP contribution in [0.2, 0.25) is 0 Å². The van der Waals surface area contributed by atoms with Crippen LogP contribution in [0.1, 0.15) is 10.4 Å². The standard InChI is InChI=1S/C24H19N3O3/c28-16-18-11-13-21(14-12-18)30-17-24(29)25-23-15-22(19-7-3-1-4-8-19)26-27(23)20-9-5-2-6-10-20/h1-16H,17H2,(H,25,29). The lowest BCUT2D eigenvalue weighted by Crippen LogP contribution is -2.21. The smallest absolute Gasteiger partial charge is 0.263 e. The molecule has 0 saturated carbocycles. The summed E-state index contributed by atoms with van der Waals surface area (Å²) < 4.78 is 7.21. The molecule has 0 unspecified atom stereocenters.